The number of fused-ring (bicyclic) bond motifs is 1. The topological polar surface area (TPSA) is 99.6 Å². The van der Waals surface area contributed by atoms with Crippen LogP contribution in [0.25, 0.3) is 10.2 Å². The highest BCUT2D eigenvalue weighted by atomic mass is 32.2. The Morgan fingerprint density at radius 2 is 2.08 bits per heavy atom. The van der Waals surface area contributed by atoms with Gasteiger partial charge in [0, 0.05) is 12.6 Å². The van der Waals surface area contributed by atoms with Gasteiger partial charge in [0.2, 0.25) is 0 Å². The minimum Gasteiger partial charge on any atom is -0.392 e. The lowest BCUT2D eigenvalue weighted by Gasteiger charge is -2.34. The first-order valence-corrected chi connectivity index (χ1v) is 10.8. The van der Waals surface area contributed by atoms with Gasteiger partial charge in [0.05, 0.1) is 27.8 Å². The number of thiazole rings is 1. The standard InChI is InChI=1S/C16H21N3O4S2/c1-11(20)10-19(12-6-8-25(22,23)9-7-12)16(21)18-15-17-13-4-2-3-5-14(13)24-15/h2-5,11-12,20H,6-10H2,1H3,(H,17,18,21). The molecule has 3 rings (SSSR count). The normalized spacial score (nSPS) is 18.8. The monoisotopic (exact) mass is 383 g/mol. The first kappa shape index (κ1) is 18.1. The zero-order valence-electron chi connectivity index (χ0n) is 13.9. The average Bonchev–Trinajstić information content (AvgIpc) is 2.95. The van der Waals surface area contributed by atoms with E-state index in [1.165, 1.54) is 16.2 Å². The van der Waals surface area contributed by atoms with Crippen molar-refractivity contribution in [2.24, 2.45) is 0 Å². The van der Waals surface area contributed by atoms with Crippen molar-refractivity contribution in [2.45, 2.75) is 31.9 Å². The van der Waals surface area contributed by atoms with Gasteiger partial charge in [-0.1, -0.05) is 23.5 Å². The number of sulfone groups is 1. The predicted octanol–water partition coefficient (Wildman–Crippen LogP) is 2.09. The molecule has 2 heterocycles. The summed E-state index contributed by atoms with van der Waals surface area (Å²) in [5, 5.41) is 13.0. The predicted molar refractivity (Wildman–Crippen MR) is 98.7 cm³/mol. The molecule has 1 atom stereocenters. The van der Waals surface area contributed by atoms with Crippen LogP contribution in [0.1, 0.15) is 19.8 Å². The van der Waals surface area contributed by atoms with E-state index in [4.69, 9.17) is 0 Å². The Hall–Kier alpha value is -1.71. The molecule has 25 heavy (non-hydrogen) atoms. The van der Waals surface area contributed by atoms with Crippen LogP contribution in [0, 0.1) is 0 Å². The summed E-state index contributed by atoms with van der Waals surface area (Å²) < 4.78 is 24.2. The number of para-hydroxylation sites is 1. The van der Waals surface area contributed by atoms with Crippen molar-refractivity contribution in [3.63, 3.8) is 0 Å². The molecule has 0 aliphatic carbocycles. The molecule has 1 aliphatic heterocycles. The molecule has 0 bridgehead atoms. The highest BCUT2D eigenvalue weighted by Gasteiger charge is 2.31. The molecule has 7 nitrogen and oxygen atoms in total. The molecule has 1 aliphatic rings. The van der Waals surface area contributed by atoms with Crippen LogP contribution in [0.4, 0.5) is 9.93 Å². The zero-order chi connectivity index (χ0) is 18.0. The van der Waals surface area contributed by atoms with Gasteiger partial charge in [-0.2, -0.15) is 0 Å². The smallest absolute Gasteiger partial charge is 0.323 e. The summed E-state index contributed by atoms with van der Waals surface area (Å²) in [6, 6.07) is 7.05. The van der Waals surface area contributed by atoms with Crippen molar-refractivity contribution in [2.75, 3.05) is 23.4 Å². The molecule has 1 fully saturated rings. The van der Waals surface area contributed by atoms with E-state index in [1.54, 1.807) is 6.92 Å². The van der Waals surface area contributed by atoms with E-state index < -0.39 is 15.9 Å². The van der Waals surface area contributed by atoms with Crippen molar-refractivity contribution < 1.29 is 18.3 Å². The maximum Gasteiger partial charge on any atom is 0.323 e. The number of carbonyl (C=O) groups excluding carboxylic acids is 1. The summed E-state index contributed by atoms with van der Waals surface area (Å²) in [7, 11) is -3.01. The SMILES string of the molecule is CC(O)CN(C(=O)Nc1nc2ccccc2s1)C1CCS(=O)(=O)CC1. The number of aromatic nitrogens is 1. The van der Waals surface area contributed by atoms with Crippen LogP contribution >= 0.6 is 11.3 Å². The third-order valence-corrected chi connectivity index (χ3v) is 6.86. The van der Waals surface area contributed by atoms with Crippen molar-refractivity contribution in [3.05, 3.63) is 24.3 Å². The van der Waals surface area contributed by atoms with Gasteiger partial charge in [-0.3, -0.25) is 5.32 Å². The number of urea groups is 1. The number of benzene rings is 1. The molecule has 0 spiro atoms. The molecular formula is C16H21N3O4S2. The molecule has 0 radical (unpaired) electrons. The third-order valence-electron chi connectivity index (χ3n) is 4.19. The summed E-state index contributed by atoms with van der Waals surface area (Å²) in [6.45, 7) is 1.76. The van der Waals surface area contributed by atoms with Crippen LogP contribution in [-0.2, 0) is 9.84 Å². The van der Waals surface area contributed by atoms with E-state index in [1.807, 2.05) is 24.3 Å². The number of nitrogens with one attached hydrogen (secondary N) is 1. The number of nitrogens with zero attached hydrogens (tertiary/aromatic N) is 2. The summed E-state index contributed by atoms with van der Waals surface area (Å²) in [6.07, 6.45) is 0.0876. The third kappa shape index (κ3) is 4.47. The summed E-state index contributed by atoms with van der Waals surface area (Å²) >= 11 is 1.38. The lowest BCUT2D eigenvalue weighted by molar-refractivity contribution is 0.114. The van der Waals surface area contributed by atoms with Crippen LogP contribution in [0.2, 0.25) is 0 Å². The second-order valence-corrected chi connectivity index (χ2v) is 9.64. The maximum absolute atomic E-state index is 12.7. The minimum absolute atomic E-state index is 0.0718. The Balaban J connectivity index is 1.74. The maximum atomic E-state index is 12.7. The average molecular weight is 383 g/mol. The molecule has 1 saturated heterocycles. The van der Waals surface area contributed by atoms with Crippen molar-refractivity contribution in [3.8, 4) is 0 Å². The van der Waals surface area contributed by atoms with E-state index >= 15 is 0 Å². The van der Waals surface area contributed by atoms with Crippen molar-refractivity contribution in [1.82, 2.24) is 9.88 Å². The summed E-state index contributed by atoms with van der Waals surface area (Å²) in [5.41, 5.74) is 0.814. The lowest BCUT2D eigenvalue weighted by Crippen LogP contribution is -2.49. The van der Waals surface area contributed by atoms with Crippen LogP contribution in [0.3, 0.4) is 0 Å². The highest BCUT2D eigenvalue weighted by Crippen LogP contribution is 2.26. The van der Waals surface area contributed by atoms with Gasteiger partial charge >= 0.3 is 6.03 Å². The highest BCUT2D eigenvalue weighted by molar-refractivity contribution is 7.91. The number of aliphatic hydroxyl groups is 1. The number of rotatable bonds is 4. The Labute approximate surface area is 150 Å². The van der Waals surface area contributed by atoms with Gasteiger partial charge in [0.1, 0.15) is 9.84 Å². The molecule has 2 aromatic rings. The zero-order valence-corrected chi connectivity index (χ0v) is 15.5. The van der Waals surface area contributed by atoms with Crippen LogP contribution in [0.15, 0.2) is 24.3 Å². The Morgan fingerprint density at radius 3 is 2.72 bits per heavy atom. The van der Waals surface area contributed by atoms with Gasteiger partial charge in [-0.25, -0.2) is 18.2 Å². The molecule has 9 heteroatoms. The van der Waals surface area contributed by atoms with Gasteiger partial charge < -0.3 is 10.0 Å². The number of hydrogen-bond acceptors (Lipinski definition) is 6. The Morgan fingerprint density at radius 1 is 1.40 bits per heavy atom. The van der Waals surface area contributed by atoms with E-state index in [0.29, 0.717) is 18.0 Å². The second kappa shape index (κ2) is 7.27. The number of carbonyl (C=O) groups is 1. The van der Waals surface area contributed by atoms with Gasteiger partial charge in [-0.15, -0.1) is 0 Å². The molecular weight excluding hydrogens is 362 g/mol. The number of anilines is 1. The number of amides is 2. The van der Waals surface area contributed by atoms with E-state index in [9.17, 15) is 18.3 Å². The first-order valence-electron chi connectivity index (χ1n) is 8.16. The van der Waals surface area contributed by atoms with Gasteiger partial charge in [0.25, 0.3) is 0 Å². The molecule has 1 unspecified atom stereocenters. The van der Waals surface area contributed by atoms with Gasteiger partial charge in [0.15, 0.2) is 5.13 Å². The number of aliphatic hydroxyl groups excluding tert-OH is 1. The quantitative estimate of drug-likeness (QED) is 0.842. The Bertz CT molecular complexity index is 816. The van der Waals surface area contributed by atoms with E-state index in [2.05, 4.69) is 10.3 Å². The Kier molecular flexibility index (Phi) is 5.26. The van der Waals surface area contributed by atoms with Crippen LogP contribution in [-0.4, -0.2) is 59.6 Å². The van der Waals surface area contributed by atoms with E-state index in [-0.39, 0.29) is 30.1 Å². The molecule has 1 aromatic carbocycles. The van der Waals surface area contributed by atoms with Crippen molar-refractivity contribution in [1.29, 1.82) is 0 Å². The van der Waals surface area contributed by atoms with Crippen LogP contribution < -0.4 is 5.32 Å². The number of hydrogen-bond donors (Lipinski definition) is 2. The lowest BCUT2D eigenvalue weighted by atomic mass is 10.1. The fraction of sp³-hybridized carbons (Fsp3) is 0.500. The fourth-order valence-electron chi connectivity index (χ4n) is 2.96. The van der Waals surface area contributed by atoms with Crippen LogP contribution in [0.5, 0.6) is 0 Å². The molecule has 0 saturated carbocycles. The molecule has 2 N–H and O–H groups in total. The molecule has 2 amide bonds. The molecule has 136 valence electrons. The largest absolute Gasteiger partial charge is 0.392 e. The van der Waals surface area contributed by atoms with Gasteiger partial charge in [-0.05, 0) is 31.9 Å². The van der Waals surface area contributed by atoms with Crippen molar-refractivity contribution >= 4 is 42.6 Å². The second-order valence-electron chi connectivity index (χ2n) is 6.30. The van der Waals surface area contributed by atoms with E-state index in [0.717, 1.165) is 10.2 Å². The summed E-state index contributed by atoms with van der Waals surface area (Å²) in [5.74, 6) is 0.144. The summed E-state index contributed by atoms with van der Waals surface area (Å²) in [4.78, 5) is 18.6. The first-order chi connectivity index (χ1) is 11.8. The fourth-order valence-corrected chi connectivity index (χ4v) is 5.28. The molecule has 1 aromatic heterocycles. The minimum atomic E-state index is -3.01.